The molecule has 0 saturated heterocycles. The van der Waals surface area contributed by atoms with Crippen molar-refractivity contribution in [1.82, 2.24) is 24.5 Å². The van der Waals surface area contributed by atoms with Crippen molar-refractivity contribution >= 4 is 81.0 Å². The van der Waals surface area contributed by atoms with E-state index in [0.717, 1.165) is 160 Å². The van der Waals surface area contributed by atoms with Crippen LogP contribution in [0.4, 0.5) is 27.6 Å². The van der Waals surface area contributed by atoms with Gasteiger partial charge < -0.3 is 61.8 Å². The van der Waals surface area contributed by atoms with Crippen LogP contribution in [-0.2, 0) is 107 Å². The van der Waals surface area contributed by atoms with Gasteiger partial charge in [0, 0.05) is 113 Å². The summed E-state index contributed by atoms with van der Waals surface area (Å²) in [6.07, 6.45) is 19.9. The minimum absolute atomic E-state index is 0.0295. The highest BCUT2D eigenvalue weighted by Gasteiger charge is 2.73. The summed E-state index contributed by atoms with van der Waals surface area (Å²) in [4.78, 5) is 102. The van der Waals surface area contributed by atoms with Gasteiger partial charge in [0.1, 0.15) is 34.7 Å². The summed E-state index contributed by atoms with van der Waals surface area (Å²) in [5.74, 6) is 0.891. The van der Waals surface area contributed by atoms with Crippen molar-refractivity contribution in [3.05, 3.63) is 222 Å². The van der Waals surface area contributed by atoms with E-state index in [-0.39, 0.29) is 118 Å². The lowest BCUT2D eigenvalue weighted by molar-refractivity contribution is -0.138. The number of ether oxygens (including phenoxy) is 7. The van der Waals surface area contributed by atoms with E-state index in [1.807, 2.05) is 54.6 Å². The van der Waals surface area contributed by atoms with E-state index in [0.29, 0.717) is 88.9 Å². The second-order valence-electron chi connectivity index (χ2n) is 39.9. The number of halogens is 6. The number of aliphatic imine (C=N–C) groups is 5. The number of benzene rings is 7. The average molecular weight is 1960 g/mol. The molecule has 728 valence electrons. The summed E-state index contributed by atoms with van der Waals surface area (Å²) in [6, 6.07) is 39.0. The number of nitrogens with two attached hydrogens (primary N) is 5. The number of alkyl halides is 2. The molecule has 0 radical (unpaired) electrons. The van der Waals surface area contributed by atoms with Gasteiger partial charge in [0.2, 0.25) is 0 Å². The molecule has 10 N–H and O–H groups in total. The Hall–Kier alpha value is -11.7. The molecule has 5 unspecified atom stereocenters. The van der Waals surface area contributed by atoms with E-state index in [1.54, 1.807) is 113 Å². The number of amides is 5. The third-order valence-electron chi connectivity index (χ3n) is 33.9. The fourth-order valence-corrected chi connectivity index (χ4v) is 27.2. The summed E-state index contributed by atoms with van der Waals surface area (Å²) in [7, 11) is 16.8. The lowest BCUT2D eigenvalue weighted by Crippen LogP contribution is -2.51. The second-order valence-corrected chi connectivity index (χ2v) is 40.7. The number of nitrogens with zero attached hydrogens (tertiary/aromatic N) is 11. The molecule has 0 aromatic heterocycles. The smallest absolute Gasteiger partial charge is 0.387 e. The third-order valence-corrected chi connectivity index (χ3v) is 34.5. The maximum atomic E-state index is 15.3. The molecule has 5 amide bonds. The Morgan fingerprint density at radius 2 is 0.717 bits per heavy atom. The number of fused-ring (bicyclic) bond motifs is 15. The first-order chi connectivity index (χ1) is 66.0. The number of likely N-dealkylation sites (N-methyl/N-ethyl adjacent to an activating group) is 5. The van der Waals surface area contributed by atoms with E-state index in [9.17, 15) is 41.5 Å². The Morgan fingerprint density at radius 1 is 0.377 bits per heavy atom. The van der Waals surface area contributed by atoms with Crippen molar-refractivity contribution in [2.24, 2.45) is 80.7 Å². The molecule has 7 aromatic carbocycles. The molecular weight excluding hydrogens is 1840 g/mol. The number of hydrogen-bond donors (Lipinski definition) is 5. The van der Waals surface area contributed by atoms with Gasteiger partial charge in [0.05, 0.1) is 37.1 Å². The quantitative estimate of drug-likeness (QED) is 0.0627. The normalized spacial score (nSPS) is 31.8. The van der Waals surface area contributed by atoms with Gasteiger partial charge in [-0.3, -0.25) is 48.5 Å². The molecule has 5 atom stereocenters. The molecule has 5 fully saturated rings. The molecule has 22 rings (SSSR count). The standard InChI is InChI=1S/C25H25FN4O2.C24H27N3O3.C19H23F2N3O3.C18H21BrFN3O2.C18H22FN3O2/c1-28-16-6-4-5-15(13-16)18-7-8-20(26)19-14-24(11-9-17(32-3)10-12-24)25(21(18)19)22(31)30(2)23(27)29-25;1-27-21(28)24(26-22(27)25)20-14-19(30-18-6-4-3-5-7-18)9-8-16(20)15-23(24)12-10-17(29-2)11-13-23;1-24-15(25)19(23-17(24)22)14-9-13(27-16(20)21)4-3-11(14)10-18(19)7-5-12(26-2)6-8-18;1-23-15(24)18(22-16(23)21)14-11(13(20)4-3-12(14)19)9-17(18)7-5-10(25-2)6-8-17;1-22-15(23)18(21-16(22)20)13-4-3-5-14(19)12(13)10-17(18)8-6-11(24-2)7-9-17/h4-8,13,17H,9-12,14H2,2-3H3,(H2,27,29);3-9,14,17H,10-13,15H2,1-2H3,(H2,25,26);3-4,9,12,16H,5-8,10H2,1-2H3,(H2,22,23);3-4,10H,5-9H2,1-2H3,(H2,21,22);3-5,11H,6-10H2,1-2H3,(H2,20,21). The maximum Gasteiger partial charge on any atom is 0.387 e. The van der Waals surface area contributed by atoms with E-state index in [1.165, 1.54) is 54.8 Å². The van der Waals surface area contributed by atoms with Crippen molar-refractivity contribution in [2.45, 2.75) is 225 Å². The molecule has 138 heavy (non-hydrogen) atoms. The van der Waals surface area contributed by atoms with E-state index >= 15 is 4.39 Å². The van der Waals surface area contributed by atoms with Crippen LogP contribution < -0.4 is 38.1 Å². The fourth-order valence-electron chi connectivity index (χ4n) is 26.5. The summed E-state index contributed by atoms with van der Waals surface area (Å²) in [5.41, 5.74) is 32.0. The van der Waals surface area contributed by atoms with Gasteiger partial charge in [0.25, 0.3) is 29.5 Å². The van der Waals surface area contributed by atoms with Crippen LogP contribution in [0.15, 0.2) is 163 Å². The zero-order valence-corrected chi connectivity index (χ0v) is 80.9. The van der Waals surface area contributed by atoms with Gasteiger partial charge in [-0.15, -0.1) is 0 Å². The van der Waals surface area contributed by atoms with E-state index in [2.05, 4.69) is 46.6 Å². The summed E-state index contributed by atoms with van der Waals surface area (Å²) >= 11 is 3.54. The van der Waals surface area contributed by atoms with Crippen LogP contribution >= 0.6 is 15.9 Å². The van der Waals surface area contributed by atoms with Crippen LogP contribution in [-0.4, -0.2) is 192 Å². The Balaban J connectivity index is 0.000000115. The lowest BCUT2D eigenvalue weighted by atomic mass is 9.61. The average Bonchev–Trinajstić information content (AvgIpc) is 1.50. The molecule has 15 aliphatic rings. The molecule has 0 bridgehead atoms. The highest BCUT2D eigenvalue weighted by atomic mass is 79.9. The highest BCUT2D eigenvalue weighted by Crippen LogP contribution is 2.69. The van der Waals surface area contributed by atoms with Crippen LogP contribution in [0.1, 0.15) is 184 Å². The molecular formula is C104H118BrF5N16O12. The van der Waals surface area contributed by atoms with Gasteiger partial charge in [-0.2, -0.15) is 8.78 Å². The largest absolute Gasteiger partial charge is 0.457 e. The van der Waals surface area contributed by atoms with Crippen LogP contribution in [0.5, 0.6) is 17.2 Å². The van der Waals surface area contributed by atoms with Crippen LogP contribution in [0, 0.1) is 51.1 Å². The van der Waals surface area contributed by atoms with Crippen molar-refractivity contribution in [3.63, 3.8) is 0 Å². The number of hydrogen-bond acceptors (Lipinski definition) is 22. The van der Waals surface area contributed by atoms with Crippen LogP contribution in [0.2, 0.25) is 0 Å². The Kier molecular flexibility index (Phi) is 25.3. The predicted octanol–water partition coefficient (Wildman–Crippen LogP) is 14.8. The number of carbonyl (C=O) groups is 5. The van der Waals surface area contributed by atoms with Crippen molar-refractivity contribution in [1.29, 1.82) is 0 Å². The highest BCUT2D eigenvalue weighted by molar-refractivity contribution is 9.10. The topological polar surface area (TPSA) is 362 Å². The summed E-state index contributed by atoms with van der Waals surface area (Å²) < 4.78 is 109. The van der Waals surface area contributed by atoms with Gasteiger partial charge in [0.15, 0.2) is 63.2 Å². The minimum atomic E-state index is -2.93. The van der Waals surface area contributed by atoms with Gasteiger partial charge in [-0.1, -0.05) is 82.7 Å². The fraction of sp³-hybridized carbons (Fsp3) is 0.490. The van der Waals surface area contributed by atoms with Crippen LogP contribution in [0.25, 0.3) is 16.0 Å². The summed E-state index contributed by atoms with van der Waals surface area (Å²) in [6.45, 7) is 4.45. The molecule has 7 aromatic rings. The third kappa shape index (κ3) is 14.6. The minimum Gasteiger partial charge on any atom is -0.457 e. The second kappa shape index (κ2) is 36.2. The maximum absolute atomic E-state index is 15.3. The summed E-state index contributed by atoms with van der Waals surface area (Å²) in [5, 5.41) is 0. The Labute approximate surface area is 807 Å². The van der Waals surface area contributed by atoms with Gasteiger partial charge in [-0.05, 0) is 283 Å². The van der Waals surface area contributed by atoms with Crippen molar-refractivity contribution in [2.75, 3.05) is 70.8 Å². The number of carbonyl (C=O) groups excluding carboxylic acids is 5. The predicted molar refractivity (Wildman–Crippen MR) is 512 cm³/mol. The number of para-hydroxylation sites is 1. The number of rotatable bonds is 10. The zero-order valence-electron chi connectivity index (χ0n) is 79.3. The zero-order chi connectivity index (χ0) is 98.1. The van der Waals surface area contributed by atoms with Gasteiger partial charge in [-0.25, -0.2) is 43.0 Å². The molecule has 28 nitrogen and oxygen atoms in total. The number of methoxy groups -OCH3 is 5. The molecule has 34 heteroatoms. The van der Waals surface area contributed by atoms with Crippen LogP contribution in [0.3, 0.4) is 0 Å². The van der Waals surface area contributed by atoms with Crippen molar-refractivity contribution in [3.8, 4) is 28.4 Å². The lowest BCUT2D eigenvalue weighted by Gasteiger charge is -2.45. The molecule has 5 saturated carbocycles. The Morgan fingerprint density at radius 3 is 1.11 bits per heavy atom. The first-order valence-electron chi connectivity index (χ1n) is 47.3. The monoisotopic (exact) mass is 1960 g/mol. The van der Waals surface area contributed by atoms with E-state index in [4.69, 9.17) is 73.6 Å². The molecule has 5 heterocycles. The van der Waals surface area contributed by atoms with E-state index < -0.39 is 56.0 Å². The van der Waals surface area contributed by atoms with Crippen molar-refractivity contribution < 1.29 is 79.1 Å². The Bertz CT molecular complexity index is 6250. The number of guanidine groups is 5. The SMILES string of the molecule is COC1CCC2(CC1)Cc1c(F)ccc(Br)c1C21N=C(N)N(C)C1=O.COC1CCC2(CC1)Cc1c(F)cccc1C21N=C(N)N(C)C1=O.COC1CCC2(CC1)Cc1ccc(OC(F)F)cc1C21N=C(N)N(C)C1=O.COC1CCC2(CC1)Cc1ccc(Oc3ccccc3)cc1C21N=C(N)N(C)C1=O.[C-]#[N+]c1cccc(-c2ccc(F)c3c2C2(N=C(N)N(C)C2=O)C2(CCC(OC)CC2)C3)c1. The molecule has 10 spiro atoms. The molecule has 10 aliphatic carbocycles. The van der Waals surface area contributed by atoms with Gasteiger partial charge >= 0.3 is 6.61 Å². The first kappa shape index (κ1) is 96.5. The molecule has 5 aliphatic heterocycles. The first-order valence-corrected chi connectivity index (χ1v) is 48.1.